The van der Waals surface area contributed by atoms with Crippen molar-refractivity contribution < 1.29 is 13.9 Å². The number of nitrogens with zero attached hydrogens (tertiary/aromatic N) is 3. The van der Waals surface area contributed by atoms with E-state index in [1.54, 1.807) is 38.6 Å². The maximum atomic E-state index is 12.9. The number of halogens is 2. The Morgan fingerprint density at radius 2 is 1.90 bits per heavy atom. The van der Waals surface area contributed by atoms with Crippen molar-refractivity contribution in [3.63, 3.8) is 0 Å². The standard InChI is InChI=1S/C21H30FN5O2.HI/c1-23-21(24-11-13-27(2)12-4-14-28-3)26-16-17-5-10-20(25-15-17)29-19-8-6-18(22)7-9-19;/h5-10,15H,4,11-14,16H2,1-3H3,(H2,23,24,26);1H. The second kappa shape index (κ2) is 14.9. The van der Waals surface area contributed by atoms with Crippen LogP contribution in [0.1, 0.15) is 12.0 Å². The molecule has 0 radical (unpaired) electrons. The Morgan fingerprint density at radius 1 is 1.13 bits per heavy atom. The monoisotopic (exact) mass is 531 g/mol. The van der Waals surface area contributed by atoms with Gasteiger partial charge in [0.25, 0.3) is 0 Å². The molecule has 0 unspecified atom stereocenters. The fourth-order valence-corrected chi connectivity index (χ4v) is 2.56. The number of hydrogen-bond donors (Lipinski definition) is 2. The van der Waals surface area contributed by atoms with Crippen molar-refractivity contribution in [1.82, 2.24) is 20.5 Å². The van der Waals surface area contributed by atoms with Gasteiger partial charge >= 0.3 is 0 Å². The molecular weight excluding hydrogens is 500 g/mol. The van der Waals surface area contributed by atoms with Gasteiger partial charge in [-0.05, 0) is 43.3 Å². The van der Waals surface area contributed by atoms with Crippen LogP contribution in [0.2, 0.25) is 0 Å². The minimum atomic E-state index is -0.300. The van der Waals surface area contributed by atoms with Crippen LogP contribution in [0.4, 0.5) is 4.39 Å². The predicted octanol–water partition coefficient (Wildman–Crippen LogP) is 3.26. The summed E-state index contributed by atoms with van der Waals surface area (Å²) in [5, 5.41) is 6.56. The Hall–Kier alpha value is -1.98. The third-order valence-corrected chi connectivity index (χ3v) is 4.19. The quantitative estimate of drug-likeness (QED) is 0.201. The van der Waals surface area contributed by atoms with Crippen LogP contribution in [0.3, 0.4) is 0 Å². The van der Waals surface area contributed by atoms with Crippen LogP contribution < -0.4 is 15.4 Å². The molecule has 1 aromatic heterocycles. The molecule has 9 heteroatoms. The number of aromatic nitrogens is 1. The summed E-state index contributed by atoms with van der Waals surface area (Å²) in [4.78, 5) is 10.8. The van der Waals surface area contributed by atoms with Gasteiger partial charge in [-0.3, -0.25) is 4.99 Å². The normalized spacial score (nSPS) is 11.2. The van der Waals surface area contributed by atoms with Crippen molar-refractivity contribution in [3.05, 3.63) is 54.0 Å². The van der Waals surface area contributed by atoms with Crippen molar-refractivity contribution >= 4 is 29.9 Å². The topological polar surface area (TPSA) is 71.0 Å². The second-order valence-corrected chi connectivity index (χ2v) is 6.56. The molecule has 0 atom stereocenters. The van der Waals surface area contributed by atoms with Crippen molar-refractivity contribution in [2.75, 3.05) is 47.4 Å². The highest BCUT2D eigenvalue weighted by Crippen LogP contribution is 2.19. The van der Waals surface area contributed by atoms with Gasteiger partial charge < -0.3 is 25.0 Å². The maximum absolute atomic E-state index is 12.9. The van der Waals surface area contributed by atoms with Crippen LogP contribution in [-0.2, 0) is 11.3 Å². The molecule has 0 spiro atoms. The Bertz CT molecular complexity index is 744. The van der Waals surface area contributed by atoms with Gasteiger partial charge in [0, 0.05) is 59.2 Å². The number of likely N-dealkylation sites (N-methyl/N-ethyl adjacent to an activating group) is 1. The third-order valence-electron chi connectivity index (χ3n) is 4.19. The maximum Gasteiger partial charge on any atom is 0.219 e. The fourth-order valence-electron chi connectivity index (χ4n) is 2.56. The highest BCUT2D eigenvalue weighted by Gasteiger charge is 2.03. The summed E-state index contributed by atoms with van der Waals surface area (Å²) in [6, 6.07) is 9.54. The first-order valence-corrected chi connectivity index (χ1v) is 9.61. The first-order valence-electron chi connectivity index (χ1n) is 9.61. The van der Waals surface area contributed by atoms with E-state index in [4.69, 9.17) is 9.47 Å². The van der Waals surface area contributed by atoms with Crippen molar-refractivity contribution in [2.45, 2.75) is 13.0 Å². The smallest absolute Gasteiger partial charge is 0.219 e. The van der Waals surface area contributed by atoms with Crippen LogP contribution in [-0.4, -0.2) is 63.3 Å². The van der Waals surface area contributed by atoms with E-state index in [2.05, 4.69) is 32.6 Å². The van der Waals surface area contributed by atoms with Crippen LogP contribution >= 0.6 is 24.0 Å². The summed E-state index contributed by atoms with van der Waals surface area (Å²) in [6.45, 7) is 4.09. The molecule has 30 heavy (non-hydrogen) atoms. The van der Waals surface area contributed by atoms with Gasteiger partial charge in [0.2, 0.25) is 5.88 Å². The summed E-state index contributed by atoms with van der Waals surface area (Å²) in [5.41, 5.74) is 0.996. The molecule has 2 N–H and O–H groups in total. The molecule has 2 rings (SSSR count). The lowest BCUT2D eigenvalue weighted by molar-refractivity contribution is 0.180. The summed E-state index contributed by atoms with van der Waals surface area (Å²) in [5.74, 6) is 1.44. The highest BCUT2D eigenvalue weighted by molar-refractivity contribution is 14.0. The average molecular weight is 531 g/mol. The number of ether oxygens (including phenoxy) is 2. The molecule has 166 valence electrons. The molecule has 7 nitrogen and oxygen atoms in total. The Morgan fingerprint density at radius 3 is 2.53 bits per heavy atom. The van der Waals surface area contributed by atoms with E-state index >= 15 is 0 Å². The molecule has 1 heterocycles. The first kappa shape index (κ1) is 26.1. The average Bonchev–Trinajstić information content (AvgIpc) is 2.73. The van der Waals surface area contributed by atoms with Crippen LogP contribution in [0.5, 0.6) is 11.6 Å². The zero-order valence-corrected chi connectivity index (χ0v) is 20.1. The summed E-state index contributed by atoms with van der Waals surface area (Å²) in [7, 11) is 5.56. The number of nitrogens with one attached hydrogen (secondary N) is 2. The van der Waals surface area contributed by atoms with Gasteiger partial charge in [-0.2, -0.15) is 0 Å². The van der Waals surface area contributed by atoms with Crippen LogP contribution in [0.25, 0.3) is 0 Å². The number of pyridine rings is 1. The molecule has 0 aliphatic heterocycles. The molecule has 0 amide bonds. The van der Waals surface area contributed by atoms with E-state index < -0.39 is 0 Å². The minimum absolute atomic E-state index is 0. The van der Waals surface area contributed by atoms with Gasteiger partial charge in [-0.15, -0.1) is 24.0 Å². The highest BCUT2D eigenvalue weighted by atomic mass is 127. The van der Waals surface area contributed by atoms with Gasteiger partial charge in [-0.25, -0.2) is 9.37 Å². The summed E-state index contributed by atoms with van der Waals surface area (Å²) >= 11 is 0. The van der Waals surface area contributed by atoms with E-state index in [1.807, 2.05) is 6.07 Å². The number of methoxy groups -OCH3 is 1. The number of hydrogen-bond acceptors (Lipinski definition) is 5. The minimum Gasteiger partial charge on any atom is -0.439 e. The molecule has 0 fully saturated rings. The van der Waals surface area contributed by atoms with Crippen molar-refractivity contribution in [3.8, 4) is 11.6 Å². The summed E-state index contributed by atoms with van der Waals surface area (Å²) in [6.07, 6.45) is 2.76. The summed E-state index contributed by atoms with van der Waals surface area (Å²) < 4.78 is 23.6. The predicted molar refractivity (Wildman–Crippen MR) is 128 cm³/mol. The third kappa shape index (κ3) is 10.2. The molecule has 0 saturated carbocycles. The van der Waals surface area contributed by atoms with E-state index in [9.17, 15) is 4.39 Å². The van der Waals surface area contributed by atoms with E-state index in [-0.39, 0.29) is 29.8 Å². The van der Waals surface area contributed by atoms with Crippen molar-refractivity contribution in [2.24, 2.45) is 4.99 Å². The number of guanidine groups is 1. The van der Waals surface area contributed by atoms with Gasteiger partial charge in [0.15, 0.2) is 5.96 Å². The Balaban J connectivity index is 0.00000450. The van der Waals surface area contributed by atoms with E-state index in [0.29, 0.717) is 18.2 Å². The SMILES string of the molecule is CN=C(NCCN(C)CCCOC)NCc1ccc(Oc2ccc(F)cc2)nc1.I. The van der Waals surface area contributed by atoms with Gasteiger partial charge in [0.1, 0.15) is 11.6 Å². The van der Waals surface area contributed by atoms with E-state index in [0.717, 1.165) is 44.2 Å². The molecule has 0 bridgehead atoms. The Labute approximate surface area is 195 Å². The molecule has 0 saturated heterocycles. The largest absolute Gasteiger partial charge is 0.439 e. The fraction of sp³-hybridized carbons (Fsp3) is 0.429. The second-order valence-electron chi connectivity index (χ2n) is 6.56. The lowest BCUT2D eigenvalue weighted by Crippen LogP contribution is -2.40. The van der Waals surface area contributed by atoms with Gasteiger partial charge in [-0.1, -0.05) is 6.07 Å². The van der Waals surface area contributed by atoms with Crippen LogP contribution in [0.15, 0.2) is 47.6 Å². The molecule has 0 aliphatic carbocycles. The van der Waals surface area contributed by atoms with Gasteiger partial charge in [0.05, 0.1) is 0 Å². The number of benzene rings is 1. The number of aliphatic imine (C=N–C) groups is 1. The lowest BCUT2D eigenvalue weighted by atomic mass is 10.3. The zero-order chi connectivity index (χ0) is 20.9. The number of rotatable bonds is 11. The van der Waals surface area contributed by atoms with Crippen molar-refractivity contribution in [1.29, 1.82) is 0 Å². The lowest BCUT2D eigenvalue weighted by Gasteiger charge is -2.18. The molecule has 0 aliphatic rings. The van der Waals surface area contributed by atoms with Crippen LogP contribution in [0, 0.1) is 5.82 Å². The molecule has 1 aromatic carbocycles. The molecule has 2 aromatic rings. The zero-order valence-electron chi connectivity index (χ0n) is 17.7. The Kier molecular flexibility index (Phi) is 13.0. The van der Waals surface area contributed by atoms with E-state index in [1.165, 1.54) is 12.1 Å². The first-order chi connectivity index (χ1) is 14.1. The molecular formula is C21H31FIN5O2.